The number of amides is 2. The molecule has 0 bridgehead atoms. The van der Waals surface area contributed by atoms with Crippen molar-refractivity contribution >= 4 is 46.2 Å². The van der Waals surface area contributed by atoms with Crippen molar-refractivity contribution in [2.45, 2.75) is 6.54 Å². The predicted octanol–water partition coefficient (Wildman–Crippen LogP) is 3.10. The molecule has 29 heavy (non-hydrogen) atoms. The van der Waals surface area contributed by atoms with Crippen molar-refractivity contribution in [3.8, 4) is 11.3 Å². The molecule has 2 N–H and O–H groups in total. The van der Waals surface area contributed by atoms with E-state index in [0.717, 1.165) is 11.3 Å². The van der Waals surface area contributed by atoms with Gasteiger partial charge in [-0.2, -0.15) is 0 Å². The Balaban J connectivity index is 1.43. The number of furan rings is 1. The van der Waals surface area contributed by atoms with Crippen molar-refractivity contribution in [1.82, 2.24) is 20.2 Å². The van der Waals surface area contributed by atoms with Crippen molar-refractivity contribution in [2.24, 2.45) is 7.05 Å². The summed E-state index contributed by atoms with van der Waals surface area (Å²) in [5, 5.41) is 5.44. The number of rotatable bonds is 5. The quantitative estimate of drug-likeness (QED) is 0.483. The second kappa shape index (κ2) is 8.06. The van der Waals surface area contributed by atoms with Crippen molar-refractivity contribution < 1.29 is 14.0 Å². The summed E-state index contributed by atoms with van der Waals surface area (Å²) < 4.78 is 8.09. The number of hydrogen-bond donors (Lipinski definition) is 2. The van der Waals surface area contributed by atoms with Crippen LogP contribution in [0, 0.1) is 0 Å². The van der Waals surface area contributed by atoms with Gasteiger partial charge in [-0.25, -0.2) is 4.98 Å². The maximum atomic E-state index is 12.3. The maximum Gasteiger partial charge on any atom is 0.263 e. The van der Waals surface area contributed by atoms with Gasteiger partial charge >= 0.3 is 0 Å². The van der Waals surface area contributed by atoms with E-state index < -0.39 is 0 Å². The Hall–Kier alpha value is -3.17. The van der Waals surface area contributed by atoms with Crippen LogP contribution < -0.4 is 10.6 Å². The molecule has 0 saturated carbocycles. The number of benzene rings is 1. The minimum absolute atomic E-state index is 0.164. The Morgan fingerprint density at radius 2 is 2.10 bits per heavy atom. The Morgan fingerprint density at radius 1 is 1.31 bits per heavy atom. The summed E-state index contributed by atoms with van der Waals surface area (Å²) >= 11 is 6.18. The summed E-state index contributed by atoms with van der Waals surface area (Å²) in [6.45, 7) is 0.405. The molecule has 0 unspecified atom stereocenters. The van der Waals surface area contributed by atoms with E-state index in [1.807, 2.05) is 29.8 Å². The number of thioether (sulfide) groups is 1. The molecule has 0 atom stereocenters. The van der Waals surface area contributed by atoms with Crippen LogP contribution in [0.25, 0.3) is 17.4 Å². The number of hydrogen-bond acceptors (Lipinski definition) is 6. The molecule has 146 valence electrons. The zero-order chi connectivity index (χ0) is 20.4. The largest absolute Gasteiger partial charge is 0.457 e. The Morgan fingerprint density at radius 3 is 2.76 bits per heavy atom. The minimum Gasteiger partial charge on any atom is -0.457 e. The highest BCUT2D eigenvalue weighted by molar-refractivity contribution is 8.26. The van der Waals surface area contributed by atoms with Gasteiger partial charge in [0.1, 0.15) is 15.8 Å². The molecule has 2 aromatic heterocycles. The molecule has 1 aliphatic heterocycles. The van der Waals surface area contributed by atoms with Crippen molar-refractivity contribution in [3.63, 3.8) is 0 Å². The Bertz CT molecular complexity index is 1130. The lowest BCUT2D eigenvalue weighted by atomic mass is 10.1. The number of aromatic nitrogens is 2. The van der Waals surface area contributed by atoms with Gasteiger partial charge in [0.15, 0.2) is 0 Å². The molecule has 0 aliphatic carbocycles. The molecule has 0 radical (unpaired) electrons. The number of nitrogens with zero attached hydrogens (tertiary/aromatic N) is 2. The lowest BCUT2D eigenvalue weighted by Crippen LogP contribution is -2.23. The first kappa shape index (κ1) is 19.2. The van der Waals surface area contributed by atoms with Crippen molar-refractivity contribution in [1.29, 1.82) is 0 Å². The second-order valence-corrected chi connectivity index (χ2v) is 8.03. The van der Waals surface area contributed by atoms with E-state index in [9.17, 15) is 9.59 Å². The minimum atomic E-state index is -0.223. The molecule has 1 aliphatic rings. The third-order valence-electron chi connectivity index (χ3n) is 4.32. The van der Waals surface area contributed by atoms with Crippen LogP contribution in [0.15, 0.2) is 58.2 Å². The number of aryl methyl sites for hydroxylation is 1. The molecule has 7 nitrogen and oxygen atoms in total. The van der Waals surface area contributed by atoms with Gasteiger partial charge < -0.3 is 19.6 Å². The molecule has 1 saturated heterocycles. The Kier molecular flexibility index (Phi) is 5.32. The highest BCUT2D eigenvalue weighted by Crippen LogP contribution is 2.28. The van der Waals surface area contributed by atoms with Crippen molar-refractivity contribution in [3.05, 3.63) is 70.8 Å². The molecular weight excluding hydrogens is 408 g/mol. The summed E-state index contributed by atoms with van der Waals surface area (Å²) in [7, 11) is 1.88. The standard InChI is InChI=1S/C20H16N4O3S2/c1-24-11-21-9-14(24)10-22-18(25)13-4-2-12(3-5-13)16-7-6-15(27-16)8-17-19(26)23-20(28)29-17/h2-9,11H,10H2,1H3,(H,22,25)(H,23,26,28)/b17-8-. The van der Waals surface area contributed by atoms with Crippen molar-refractivity contribution in [2.75, 3.05) is 0 Å². The van der Waals surface area contributed by atoms with Crippen LogP contribution in [0.5, 0.6) is 0 Å². The van der Waals surface area contributed by atoms with E-state index in [1.165, 1.54) is 11.8 Å². The van der Waals surface area contributed by atoms with Gasteiger partial charge in [-0.15, -0.1) is 0 Å². The van der Waals surface area contributed by atoms with Crippen LogP contribution in [0.4, 0.5) is 0 Å². The molecule has 3 heterocycles. The number of thiocarbonyl (C=S) groups is 1. The average molecular weight is 425 g/mol. The van der Waals surface area contributed by atoms with Gasteiger partial charge in [-0.05, 0) is 24.3 Å². The summed E-state index contributed by atoms with van der Waals surface area (Å²) in [6.07, 6.45) is 5.06. The van der Waals surface area contributed by atoms with E-state index in [0.29, 0.717) is 32.9 Å². The zero-order valence-corrected chi connectivity index (χ0v) is 17.0. The number of carbonyl (C=O) groups is 2. The van der Waals surface area contributed by atoms with Gasteiger partial charge in [-0.3, -0.25) is 9.59 Å². The lowest BCUT2D eigenvalue weighted by Gasteiger charge is -2.06. The molecule has 0 spiro atoms. The van der Waals surface area contributed by atoms with Crippen LogP contribution in [-0.2, 0) is 18.4 Å². The van der Waals surface area contributed by atoms with Gasteiger partial charge in [0.2, 0.25) is 0 Å². The molecule has 1 aromatic carbocycles. The number of nitrogens with one attached hydrogen (secondary N) is 2. The highest BCUT2D eigenvalue weighted by atomic mass is 32.2. The van der Waals surface area contributed by atoms with Crippen LogP contribution in [-0.4, -0.2) is 25.7 Å². The molecule has 1 fully saturated rings. The van der Waals surface area contributed by atoms with E-state index in [-0.39, 0.29) is 11.8 Å². The number of carbonyl (C=O) groups excluding carboxylic acids is 2. The van der Waals surface area contributed by atoms with Crippen LogP contribution in [0.1, 0.15) is 21.8 Å². The molecule has 9 heteroatoms. The monoisotopic (exact) mass is 424 g/mol. The molecular formula is C20H16N4O3S2. The maximum absolute atomic E-state index is 12.3. The summed E-state index contributed by atoms with van der Waals surface area (Å²) in [4.78, 5) is 28.6. The van der Waals surface area contributed by atoms with E-state index in [2.05, 4.69) is 15.6 Å². The predicted molar refractivity (Wildman–Crippen MR) is 115 cm³/mol. The first-order valence-corrected chi connectivity index (χ1v) is 9.90. The smallest absolute Gasteiger partial charge is 0.263 e. The SMILES string of the molecule is Cn1cncc1CNC(=O)c1ccc(-c2ccc(/C=C3\SC(=S)NC3=O)o2)cc1. The van der Waals surface area contributed by atoms with Gasteiger partial charge in [-0.1, -0.05) is 36.1 Å². The fraction of sp³-hybridized carbons (Fsp3) is 0.100. The van der Waals surface area contributed by atoms with Gasteiger partial charge in [0, 0.05) is 30.4 Å². The molecule has 3 aromatic rings. The van der Waals surface area contributed by atoms with Gasteiger partial charge in [0.05, 0.1) is 23.5 Å². The molecule has 4 rings (SSSR count). The average Bonchev–Trinajstić information content (AvgIpc) is 3.41. The zero-order valence-electron chi connectivity index (χ0n) is 15.3. The van der Waals surface area contributed by atoms with E-state index >= 15 is 0 Å². The second-order valence-electron chi connectivity index (χ2n) is 6.31. The summed E-state index contributed by atoms with van der Waals surface area (Å²) in [5.74, 6) is 0.812. The highest BCUT2D eigenvalue weighted by Gasteiger charge is 2.22. The van der Waals surface area contributed by atoms with Gasteiger partial charge in [0.25, 0.3) is 11.8 Å². The first-order valence-electron chi connectivity index (χ1n) is 8.68. The summed E-state index contributed by atoms with van der Waals surface area (Å²) in [6, 6.07) is 10.7. The van der Waals surface area contributed by atoms with E-state index in [1.54, 1.807) is 36.8 Å². The Labute approximate surface area is 176 Å². The number of imidazole rings is 1. The first-order chi connectivity index (χ1) is 14.0. The third kappa shape index (κ3) is 4.30. The van der Waals surface area contributed by atoms with E-state index in [4.69, 9.17) is 16.6 Å². The fourth-order valence-corrected chi connectivity index (χ4v) is 3.77. The van der Waals surface area contributed by atoms with Crippen LogP contribution in [0.3, 0.4) is 0 Å². The lowest BCUT2D eigenvalue weighted by molar-refractivity contribution is -0.115. The normalized spacial score (nSPS) is 15.0. The van der Waals surface area contributed by atoms with Crippen LogP contribution in [0.2, 0.25) is 0 Å². The fourth-order valence-electron chi connectivity index (χ4n) is 2.75. The molecule has 2 amide bonds. The summed E-state index contributed by atoms with van der Waals surface area (Å²) in [5.41, 5.74) is 2.30. The van der Waals surface area contributed by atoms with Crippen LogP contribution >= 0.6 is 24.0 Å². The third-order valence-corrected chi connectivity index (χ3v) is 5.48. The topological polar surface area (TPSA) is 89.2 Å².